The van der Waals surface area contributed by atoms with E-state index in [0.29, 0.717) is 25.4 Å². The Labute approximate surface area is 101 Å². The van der Waals surface area contributed by atoms with Gasteiger partial charge in [-0.25, -0.2) is 10.8 Å². The number of rotatable bonds is 7. The van der Waals surface area contributed by atoms with E-state index in [1.807, 2.05) is 6.07 Å². The first-order valence-corrected chi connectivity index (χ1v) is 5.45. The molecule has 0 saturated carbocycles. The van der Waals surface area contributed by atoms with E-state index in [4.69, 9.17) is 10.6 Å². The van der Waals surface area contributed by atoms with Gasteiger partial charge in [-0.1, -0.05) is 0 Å². The summed E-state index contributed by atoms with van der Waals surface area (Å²) in [7, 11) is 1.62. The van der Waals surface area contributed by atoms with Gasteiger partial charge in [0.25, 0.3) is 0 Å². The van der Waals surface area contributed by atoms with Gasteiger partial charge < -0.3 is 20.6 Å². The van der Waals surface area contributed by atoms with Crippen molar-refractivity contribution in [1.29, 1.82) is 0 Å². The highest BCUT2D eigenvalue weighted by Gasteiger charge is 2.19. The summed E-state index contributed by atoms with van der Waals surface area (Å²) < 4.78 is 4.94. The molecule has 0 aliphatic carbocycles. The Morgan fingerprint density at radius 1 is 1.59 bits per heavy atom. The molecule has 5 N–H and O–H groups in total. The van der Waals surface area contributed by atoms with Gasteiger partial charge in [-0.15, -0.1) is 0 Å². The van der Waals surface area contributed by atoms with Gasteiger partial charge in [0, 0.05) is 44.6 Å². The van der Waals surface area contributed by atoms with Crippen LogP contribution in [-0.2, 0) is 4.74 Å². The van der Waals surface area contributed by atoms with Crippen LogP contribution in [0.1, 0.15) is 13.3 Å². The Morgan fingerprint density at radius 3 is 3.00 bits per heavy atom. The Balaban J connectivity index is 2.48. The van der Waals surface area contributed by atoms with Crippen molar-refractivity contribution in [1.82, 2.24) is 4.98 Å². The Kier molecular flexibility index (Phi) is 5.14. The van der Waals surface area contributed by atoms with Crippen LogP contribution >= 0.6 is 0 Å². The van der Waals surface area contributed by atoms with Gasteiger partial charge in [0.1, 0.15) is 5.82 Å². The van der Waals surface area contributed by atoms with Gasteiger partial charge >= 0.3 is 0 Å². The van der Waals surface area contributed by atoms with E-state index in [1.165, 1.54) is 0 Å². The van der Waals surface area contributed by atoms with E-state index in [-0.39, 0.29) is 0 Å². The molecular weight excluding hydrogens is 220 g/mol. The molecule has 1 aromatic heterocycles. The molecule has 1 atom stereocenters. The zero-order valence-electron chi connectivity index (χ0n) is 10.2. The van der Waals surface area contributed by atoms with E-state index in [1.54, 1.807) is 26.3 Å². The zero-order chi connectivity index (χ0) is 12.7. The van der Waals surface area contributed by atoms with Crippen LogP contribution < -0.4 is 16.6 Å². The first kappa shape index (κ1) is 13.7. The van der Waals surface area contributed by atoms with E-state index >= 15 is 0 Å². The number of aromatic nitrogens is 1. The lowest BCUT2D eigenvalue weighted by molar-refractivity contribution is 0.0357. The van der Waals surface area contributed by atoms with Gasteiger partial charge in [0.05, 0.1) is 5.60 Å². The third kappa shape index (κ3) is 4.99. The van der Waals surface area contributed by atoms with Crippen LogP contribution in [-0.4, -0.2) is 36.0 Å². The average Bonchev–Trinajstić information content (AvgIpc) is 2.34. The number of nitrogen functional groups attached to an aromatic ring is 1. The normalized spacial score (nSPS) is 14.1. The lowest BCUT2D eigenvalue weighted by Crippen LogP contribution is -2.34. The summed E-state index contributed by atoms with van der Waals surface area (Å²) in [5, 5.41) is 13.2. The predicted molar refractivity (Wildman–Crippen MR) is 67.7 cm³/mol. The molecule has 0 fully saturated rings. The number of methoxy groups -OCH3 is 1. The van der Waals surface area contributed by atoms with Crippen LogP contribution in [0.15, 0.2) is 18.3 Å². The fraction of sp³-hybridized carbons (Fsp3) is 0.545. The summed E-state index contributed by atoms with van der Waals surface area (Å²) in [6.45, 7) is 2.73. The van der Waals surface area contributed by atoms with Crippen LogP contribution in [0.4, 0.5) is 11.5 Å². The third-order valence-electron chi connectivity index (χ3n) is 2.43. The van der Waals surface area contributed by atoms with Gasteiger partial charge in [0.15, 0.2) is 0 Å². The summed E-state index contributed by atoms with van der Waals surface area (Å²) in [6, 6.07) is 3.58. The van der Waals surface area contributed by atoms with Crippen molar-refractivity contribution in [3.8, 4) is 0 Å². The van der Waals surface area contributed by atoms with Crippen molar-refractivity contribution < 1.29 is 9.84 Å². The summed E-state index contributed by atoms with van der Waals surface area (Å²) in [6.07, 6.45) is 2.21. The van der Waals surface area contributed by atoms with E-state index in [9.17, 15) is 5.11 Å². The number of nitrogens with zero attached hydrogens (tertiary/aromatic N) is 1. The molecule has 0 radical (unpaired) electrons. The van der Waals surface area contributed by atoms with Crippen LogP contribution in [0.5, 0.6) is 0 Å². The number of aliphatic hydroxyl groups is 1. The summed E-state index contributed by atoms with van der Waals surface area (Å²) >= 11 is 0. The minimum atomic E-state index is -0.810. The molecule has 0 bridgehead atoms. The molecule has 6 nitrogen and oxygen atoms in total. The summed E-state index contributed by atoms with van der Waals surface area (Å²) in [5.74, 6) is 5.84. The lowest BCUT2D eigenvalue weighted by Gasteiger charge is -2.23. The fourth-order valence-corrected chi connectivity index (χ4v) is 1.32. The first-order chi connectivity index (χ1) is 8.07. The number of hydrogen-bond donors (Lipinski definition) is 4. The highest BCUT2D eigenvalue weighted by atomic mass is 16.5. The van der Waals surface area contributed by atoms with Gasteiger partial charge in [-0.3, -0.25) is 0 Å². The second-order valence-corrected chi connectivity index (χ2v) is 4.17. The van der Waals surface area contributed by atoms with Crippen molar-refractivity contribution in [2.24, 2.45) is 5.84 Å². The number of nitrogens with two attached hydrogens (primary N) is 1. The average molecular weight is 240 g/mol. The molecule has 0 saturated heterocycles. The second kappa shape index (κ2) is 6.39. The number of pyridine rings is 1. The maximum atomic E-state index is 10.0. The molecule has 0 amide bonds. The molecule has 17 heavy (non-hydrogen) atoms. The molecule has 0 aliphatic heterocycles. The number of hydrogen-bond acceptors (Lipinski definition) is 6. The monoisotopic (exact) mass is 240 g/mol. The molecule has 96 valence electrons. The highest BCUT2D eigenvalue weighted by molar-refractivity contribution is 5.51. The van der Waals surface area contributed by atoms with Gasteiger partial charge in [0.2, 0.25) is 0 Å². The van der Waals surface area contributed by atoms with Crippen molar-refractivity contribution in [2.45, 2.75) is 18.9 Å². The van der Waals surface area contributed by atoms with Gasteiger partial charge in [-0.05, 0) is 13.0 Å². The molecule has 1 aromatic rings. The smallest absolute Gasteiger partial charge is 0.141 e. The van der Waals surface area contributed by atoms with Crippen LogP contribution in [0.3, 0.4) is 0 Å². The topological polar surface area (TPSA) is 92.4 Å². The lowest BCUT2D eigenvalue weighted by atomic mass is 10.0. The molecule has 1 unspecified atom stereocenters. The summed E-state index contributed by atoms with van der Waals surface area (Å²) in [5.41, 5.74) is 2.51. The van der Waals surface area contributed by atoms with Crippen molar-refractivity contribution in [3.05, 3.63) is 18.3 Å². The number of nitrogens with one attached hydrogen (secondary N) is 2. The van der Waals surface area contributed by atoms with Crippen LogP contribution in [0, 0.1) is 0 Å². The first-order valence-electron chi connectivity index (χ1n) is 5.45. The van der Waals surface area contributed by atoms with E-state index in [0.717, 1.165) is 5.69 Å². The maximum absolute atomic E-state index is 10.0. The quantitative estimate of drug-likeness (QED) is 0.411. The molecule has 1 heterocycles. The fourth-order valence-electron chi connectivity index (χ4n) is 1.32. The van der Waals surface area contributed by atoms with E-state index < -0.39 is 5.60 Å². The standard InChI is InChI=1S/C11H20N4O2/c1-11(16,4-6-17-2)8-14-9-3-5-13-10(7-9)15-12/h3,5,7,16H,4,6,8,12H2,1-2H3,(H2,13,14,15). The molecular formula is C11H20N4O2. The Morgan fingerprint density at radius 2 is 2.35 bits per heavy atom. The number of hydrazine groups is 1. The van der Waals surface area contributed by atoms with Gasteiger partial charge in [-0.2, -0.15) is 0 Å². The largest absolute Gasteiger partial charge is 0.388 e. The maximum Gasteiger partial charge on any atom is 0.141 e. The minimum absolute atomic E-state index is 0.435. The SMILES string of the molecule is COCCC(C)(O)CNc1ccnc(NN)c1. The molecule has 0 aromatic carbocycles. The Bertz CT molecular complexity index is 344. The van der Waals surface area contributed by atoms with E-state index in [2.05, 4.69) is 15.7 Å². The van der Waals surface area contributed by atoms with Crippen molar-refractivity contribution in [3.63, 3.8) is 0 Å². The Hall–Kier alpha value is -1.37. The van der Waals surface area contributed by atoms with Crippen LogP contribution in [0.2, 0.25) is 0 Å². The highest BCUT2D eigenvalue weighted by Crippen LogP contribution is 2.14. The molecule has 6 heteroatoms. The molecule has 0 aliphatic rings. The molecule has 0 spiro atoms. The van der Waals surface area contributed by atoms with Crippen molar-refractivity contribution >= 4 is 11.5 Å². The number of anilines is 2. The van der Waals surface area contributed by atoms with Crippen LogP contribution in [0.25, 0.3) is 0 Å². The third-order valence-corrected chi connectivity index (χ3v) is 2.43. The second-order valence-electron chi connectivity index (χ2n) is 4.17. The number of ether oxygens (including phenoxy) is 1. The molecule has 1 rings (SSSR count). The summed E-state index contributed by atoms with van der Waals surface area (Å²) in [4.78, 5) is 3.99. The minimum Gasteiger partial charge on any atom is -0.388 e. The predicted octanol–water partition coefficient (Wildman–Crippen LogP) is 0.567. The zero-order valence-corrected chi connectivity index (χ0v) is 10.2. The van der Waals surface area contributed by atoms with Crippen molar-refractivity contribution in [2.75, 3.05) is 31.0 Å².